The summed E-state index contributed by atoms with van der Waals surface area (Å²) in [5, 5.41) is 2.94. The van der Waals surface area contributed by atoms with Crippen LogP contribution in [0.5, 0.6) is 0 Å². The van der Waals surface area contributed by atoms with Crippen LogP contribution >= 0.6 is 0 Å². The number of hydrogen-bond donors (Lipinski definition) is 2. The molecule has 1 amide bonds. The highest BCUT2D eigenvalue weighted by atomic mass is 16.5. The van der Waals surface area contributed by atoms with Gasteiger partial charge in [0.2, 0.25) is 5.91 Å². The van der Waals surface area contributed by atoms with Crippen LogP contribution in [-0.4, -0.2) is 43.4 Å². The molecule has 0 radical (unpaired) electrons. The summed E-state index contributed by atoms with van der Waals surface area (Å²) in [4.78, 5) is 11.3. The first-order valence-electron chi connectivity index (χ1n) is 6.35. The minimum atomic E-state index is -0.732. The van der Waals surface area contributed by atoms with Gasteiger partial charge in [-0.15, -0.1) is 0 Å². The third-order valence-corrected chi connectivity index (χ3v) is 2.81. The van der Waals surface area contributed by atoms with Gasteiger partial charge in [0.25, 0.3) is 0 Å². The summed E-state index contributed by atoms with van der Waals surface area (Å²) in [5.74, 6) is -0.369. The Kier molecular flexibility index (Phi) is 6.81. The van der Waals surface area contributed by atoms with Crippen molar-refractivity contribution in [1.82, 2.24) is 5.32 Å². The maximum Gasteiger partial charge on any atom is 0.237 e. The third kappa shape index (κ3) is 6.93. The van der Waals surface area contributed by atoms with E-state index in [1.165, 1.54) is 0 Å². The molecule has 0 bridgehead atoms. The molecule has 0 aliphatic carbocycles. The Hall–Kier alpha value is -0.650. The molecule has 0 aliphatic heterocycles. The molecule has 5 heteroatoms. The first-order valence-corrected chi connectivity index (χ1v) is 6.35. The van der Waals surface area contributed by atoms with Gasteiger partial charge in [0.05, 0.1) is 30.5 Å². The Morgan fingerprint density at radius 3 is 2.22 bits per heavy atom. The van der Waals surface area contributed by atoms with Crippen LogP contribution in [0.15, 0.2) is 0 Å². The van der Waals surface area contributed by atoms with Crippen LogP contribution < -0.4 is 11.1 Å². The molecule has 2 unspecified atom stereocenters. The van der Waals surface area contributed by atoms with Crippen molar-refractivity contribution >= 4 is 5.91 Å². The first-order chi connectivity index (χ1) is 8.10. The normalized spacial score (nSPS) is 17.2. The summed E-state index contributed by atoms with van der Waals surface area (Å²) in [5.41, 5.74) is 4.47. The van der Waals surface area contributed by atoms with E-state index in [-0.39, 0.29) is 17.6 Å². The van der Waals surface area contributed by atoms with Gasteiger partial charge in [0.1, 0.15) is 0 Å². The Morgan fingerprint density at radius 1 is 1.28 bits per heavy atom. The van der Waals surface area contributed by atoms with E-state index in [2.05, 4.69) is 5.32 Å². The molecule has 0 aromatic carbocycles. The third-order valence-electron chi connectivity index (χ3n) is 2.81. The van der Waals surface area contributed by atoms with E-state index in [9.17, 15) is 4.79 Å². The zero-order valence-corrected chi connectivity index (χ0v) is 12.5. The molecule has 0 saturated heterocycles. The number of carbonyl (C=O) groups is 1. The van der Waals surface area contributed by atoms with Crippen LogP contribution in [0.3, 0.4) is 0 Å². The summed E-state index contributed by atoms with van der Waals surface area (Å²) < 4.78 is 11.2. The van der Waals surface area contributed by atoms with Gasteiger partial charge in [-0.25, -0.2) is 0 Å². The van der Waals surface area contributed by atoms with Crippen LogP contribution in [0.1, 0.15) is 41.0 Å². The van der Waals surface area contributed by atoms with Gasteiger partial charge >= 0.3 is 0 Å². The molecule has 0 saturated carbocycles. The van der Waals surface area contributed by atoms with Crippen molar-refractivity contribution in [1.29, 1.82) is 0 Å². The molecule has 0 fully saturated rings. The van der Waals surface area contributed by atoms with Crippen LogP contribution in [-0.2, 0) is 14.3 Å². The van der Waals surface area contributed by atoms with Crippen molar-refractivity contribution in [2.24, 2.45) is 5.73 Å². The van der Waals surface area contributed by atoms with Crippen LogP contribution in [0.25, 0.3) is 0 Å². The van der Waals surface area contributed by atoms with Crippen molar-refractivity contribution in [3.63, 3.8) is 0 Å². The second-order valence-electron chi connectivity index (χ2n) is 5.79. The molecule has 0 aliphatic rings. The number of nitrogens with two attached hydrogens (primary N) is 1. The highest BCUT2D eigenvalue weighted by Crippen LogP contribution is 2.14. The van der Waals surface area contributed by atoms with Gasteiger partial charge in [-0.05, 0) is 41.7 Å². The van der Waals surface area contributed by atoms with Gasteiger partial charge in [-0.3, -0.25) is 4.79 Å². The van der Waals surface area contributed by atoms with Gasteiger partial charge in [-0.2, -0.15) is 0 Å². The lowest BCUT2D eigenvalue weighted by atomic mass is 9.94. The van der Waals surface area contributed by atoms with Gasteiger partial charge in [-0.1, -0.05) is 0 Å². The topological polar surface area (TPSA) is 73.6 Å². The summed E-state index contributed by atoms with van der Waals surface area (Å²) in [6, 6.07) is 0. The average Bonchev–Trinajstić information content (AvgIpc) is 2.22. The molecular weight excluding hydrogens is 232 g/mol. The van der Waals surface area contributed by atoms with Crippen molar-refractivity contribution in [2.45, 2.75) is 58.3 Å². The van der Waals surface area contributed by atoms with Crippen LogP contribution in [0, 0.1) is 0 Å². The van der Waals surface area contributed by atoms with E-state index in [1.54, 1.807) is 14.0 Å². The van der Waals surface area contributed by atoms with E-state index in [4.69, 9.17) is 15.2 Å². The summed E-state index contributed by atoms with van der Waals surface area (Å²) in [7, 11) is 1.72. The second-order valence-corrected chi connectivity index (χ2v) is 5.79. The highest BCUT2D eigenvalue weighted by Gasteiger charge is 2.31. The maximum absolute atomic E-state index is 11.3. The minimum Gasteiger partial charge on any atom is -0.376 e. The maximum atomic E-state index is 11.3. The number of likely N-dealkylation sites (N-methyl/N-ethyl adjacent to an activating group) is 1. The fraction of sp³-hybridized carbons (Fsp3) is 0.923. The molecule has 0 aromatic rings. The fourth-order valence-electron chi connectivity index (χ4n) is 1.56. The lowest BCUT2D eigenvalue weighted by Gasteiger charge is -2.29. The minimum absolute atomic E-state index is 0.0569. The predicted octanol–water partition coefficient (Wildman–Crippen LogP) is 1.06. The molecule has 3 N–H and O–H groups in total. The molecular formula is C13H28N2O3. The highest BCUT2D eigenvalue weighted by molar-refractivity contribution is 5.84. The van der Waals surface area contributed by atoms with Gasteiger partial charge in [0.15, 0.2) is 0 Å². The molecule has 5 nitrogen and oxygen atoms in total. The summed E-state index contributed by atoms with van der Waals surface area (Å²) in [6.07, 6.45) is 0.479. The van der Waals surface area contributed by atoms with Crippen molar-refractivity contribution in [3.8, 4) is 0 Å². The van der Waals surface area contributed by atoms with Crippen molar-refractivity contribution < 1.29 is 14.3 Å². The van der Waals surface area contributed by atoms with E-state index < -0.39 is 5.54 Å². The first kappa shape index (κ1) is 17.4. The Balaban J connectivity index is 3.97. The number of hydrogen-bond acceptors (Lipinski definition) is 4. The lowest BCUT2D eigenvalue weighted by molar-refractivity contribution is -0.125. The Labute approximate surface area is 110 Å². The number of ether oxygens (including phenoxy) is 2. The average molecular weight is 260 g/mol. The van der Waals surface area contributed by atoms with E-state index in [1.807, 2.05) is 27.7 Å². The second kappa shape index (κ2) is 7.07. The van der Waals surface area contributed by atoms with Crippen LogP contribution in [0.4, 0.5) is 0 Å². The molecule has 108 valence electrons. The summed E-state index contributed by atoms with van der Waals surface area (Å²) >= 11 is 0. The number of rotatable bonds is 8. The molecule has 0 heterocycles. The monoisotopic (exact) mass is 260 g/mol. The van der Waals surface area contributed by atoms with Gasteiger partial charge < -0.3 is 20.5 Å². The number of nitrogens with one attached hydrogen (secondary N) is 1. The summed E-state index contributed by atoms with van der Waals surface area (Å²) in [6.45, 7) is 10.8. The predicted molar refractivity (Wildman–Crippen MR) is 72.4 cm³/mol. The molecule has 0 spiro atoms. The standard InChI is InChI=1S/C13H28N2O3/c1-10(9-13(5,15-6)11(14)16)17-7-8-18-12(2,3)4/h10,15H,7-9H2,1-6H3,(H2,14,16). The quantitative estimate of drug-likeness (QED) is 0.640. The van der Waals surface area contributed by atoms with Gasteiger partial charge in [0, 0.05) is 6.42 Å². The molecule has 0 aromatic heterocycles. The smallest absolute Gasteiger partial charge is 0.237 e. The number of primary amides is 1. The van der Waals surface area contributed by atoms with E-state index in [0.29, 0.717) is 19.6 Å². The fourth-order valence-corrected chi connectivity index (χ4v) is 1.56. The Bertz CT molecular complexity index is 263. The lowest BCUT2D eigenvalue weighted by Crippen LogP contribution is -2.53. The zero-order chi connectivity index (χ0) is 14.4. The van der Waals surface area contributed by atoms with E-state index in [0.717, 1.165) is 0 Å². The van der Waals surface area contributed by atoms with E-state index >= 15 is 0 Å². The number of amides is 1. The molecule has 18 heavy (non-hydrogen) atoms. The largest absolute Gasteiger partial charge is 0.376 e. The molecule has 0 rings (SSSR count). The van der Waals surface area contributed by atoms with Crippen molar-refractivity contribution in [2.75, 3.05) is 20.3 Å². The zero-order valence-electron chi connectivity index (χ0n) is 12.5. The van der Waals surface area contributed by atoms with Crippen molar-refractivity contribution in [3.05, 3.63) is 0 Å². The number of carbonyl (C=O) groups excluding carboxylic acids is 1. The van der Waals surface area contributed by atoms with Crippen LogP contribution in [0.2, 0.25) is 0 Å². The Morgan fingerprint density at radius 2 is 1.83 bits per heavy atom. The SMILES string of the molecule is CNC(C)(CC(C)OCCOC(C)(C)C)C(N)=O. The molecule has 2 atom stereocenters.